The summed E-state index contributed by atoms with van der Waals surface area (Å²) in [6, 6.07) is 13.8. The number of H-pyrrole nitrogens is 1. The fourth-order valence-corrected chi connectivity index (χ4v) is 4.94. The lowest BCUT2D eigenvalue weighted by molar-refractivity contribution is 0.00706. The van der Waals surface area contributed by atoms with Crippen LogP contribution in [0, 0.1) is 0 Å². The zero-order valence-electron chi connectivity index (χ0n) is 19.2. The molecular formula is C25H20ClN7O4. The van der Waals surface area contributed by atoms with Crippen molar-refractivity contribution in [3.63, 3.8) is 0 Å². The fourth-order valence-electron chi connectivity index (χ4n) is 4.68. The first-order chi connectivity index (χ1) is 18.1. The maximum absolute atomic E-state index is 9.93. The van der Waals surface area contributed by atoms with Crippen LogP contribution in [-0.4, -0.2) is 77.7 Å². The van der Waals surface area contributed by atoms with Crippen molar-refractivity contribution in [2.45, 2.75) is 24.4 Å². The third kappa shape index (κ3) is 4.02. The van der Waals surface area contributed by atoms with E-state index in [4.69, 9.17) is 25.8 Å². The van der Waals surface area contributed by atoms with Gasteiger partial charge in [0.2, 0.25) is 0 Å². The molecule has 12 heteroatoms. The Kier molecular flexibility index (Phi) is 5.36. The molecular weight excluding hydrogens is 498 g/mol. The van der Waals surface area contributed by atoms with Crippen molar-refractivity contribution < 1.29 is 19.3 Å². The number of rotatable bonds is 5. The van der Waals surface area contributed by atoms with Gasteiger partial charge in [0.15, 0.2) is 11.8 Å². The Morgan fingerprint density at radius 2 is 1.86 bits per heavy atom. The first kappa shape index (κ1) is 22.3. The number of benzene rings is 1. The van der Waals surface area contributed by atoms with Crippen molar-refractivity contribution in [3.8, 4) is 34.2 Å². The van der Waals surface area contributed by atoms with Gasteiger partial charge in [0, 0.05) is 11.1 Å². The Morgan fingerprint density at radius 1 is 1.03 bits per heavy atom. The number of imidazole rings is 1. The van der Waals surface area contributed by atoms with Crippen LogP contribution in [-0.2, 0) is 9.47 Å². The van der Waals surface area contributed by atoms with Gasteiger partial charge in [0.25, 0.3) is 6.01 Å². The highest BCUT2D eigenvalue weighted by molar-refractivity contribution is 6.33. The van der Waals surface area contributed by atoms with Crippen molar-refractivity contribution in [2.24, 2.45) is 0 Å². The molecule has 0 bridgehead atoms. The van der Waals surface area contributed by atoms with E-state index in [1.54, 1.807) is 29.3 Å². The zero-order chi connectivity index (χ0) is 24.9. The second kappa shape index (κ2) is 8.89. The monoisotopic (exact) mass is 517 g/mol. The minimum absolute atomic E-state index is 0.235. The molecule has 11 nitrogen and oxygen atoms in total. The van der Waals surface area contributed by atoms with Crippen molar-refractivity contribution in [3.05, 3.63) is 66.1 Å². The molecule has 2 aliphatic heterocycles. The Balaban J connectivity index is 1.11. The summed E-state index contributed by atoms with van der Waals surface area (Å²) in [4.78, 5) is 16.8. The molecule has 4 atom stereocenters. The van der Waals surface area contributed by atoms with Gasteiger partial charge in [-0.3, -0.25) is 4.98 Å². The fraction of sp³-hybridized carbons (Fsp3) is 0.240. The van der Waals surface area contributed by atoms with E-state index in [1.165, 1.54) is 0 Å². The predicted molar refractivity (Wildman–Crippen MR) is 132 cm³/mol. The standard InChI is InChI=1S/C25H20ClN7O4/c26-16-9-18-24(31-25(29-18)37-20-12-36-22-19(34)11-35-23(20)22)30-21(16)14-3-1-13(2-4-14)17-6-5-15(10-27-17)33-8-7-28-32-33/h1-10,19-20,22-23,34H,11-12H2,(H,29,30,31)/t19-,20-,22-,23-/m1/s1. The summed E-state index contributed by atoms with van der Waals surface area (Å²) in [7, 11) is 0. The van der Waals surface area contributed by atoms with E-state index in [2.05, 4.69) is 30.2 Å². The minimum Gasteiger partial charge on any atom is -0.456 e. The molecule has 0 spiro atoms. The van der Waals surface area contributed by atoms with Crippen LogP contribution < -0.4 is 4.74 Å². The molecule has 2 fully saturated rings. The van der Waals surface area contributed by atoms with Crippen molar-refractivity contribution in [1.82, 2.24) is 34.9 Å². The van der Waals surface area contributed by atoms with E-state index in [-0.39, 0.29) is 24.9 Å². The number of aromatic nitrogens is 7. The highest BCUT2D eigenvalue weighted by Crippen LogP contribution is 2.33. The highest BCUT2D eigenvalue weighted by Gasteiger charge is 2.48. The summed E-state index contributed by atoms with van der Waals surface area (Å²) in [5, 5.41) is 18.2. The lowest BCUT2D eigenvalue weighted by atomic mass is 10.1. The number of fused-ring (bicyclic) bond motifs is 2. The molecule has 37 heavy (non-hydrogen) atoms. The number of aromatic amines is 1. The molecule has 0 saturated carbocycles. The smallest absolute Gasteiger partial charge is 0.296 e. The van der Waals surface area contributed by atoms with E-state index < -0.39 is 6.10 Å². The number of hydrogen-bond acceptors (Lipinski definition) is 9. The van der Waals surface area contributed by atoms with Crippen LogP contribution in [0.25, 0.3) is 39.4 Å². The van der Waals surface area contributed by atoms with Gasteiger partial charge >= 0.3 is 0 Å². The van der Waals surface area contributed by atoms with E-state index in [0.717, 1.165) is 22.5 Å². The predicted octanol–water partition coefficient (Wildman–Crippen LogP) is 2.83. The van der Waals surface area contributed by atoms with E-state index in [0.29, 0.717) is 34.5 Å². The third-order valence-corrected chi connectivity index (χ3v) is 6.83. The minimum atomic E-state index is -0.640. The Bertz CT molecular complexity index is 1560. The Hall–Kier alpha value is -3.90. The molecule has 186 valence electrons. The Labute approximate surface area is 215 Å². The van der Waals surface area contributed by atoms with Crippen molar-refractivity contribution in [1.29, 1.82) is 0 Å². The molecule has 6 heterocycles. The highest BCUT2D eigenvalue weighted by atomic mass is 35.5. The van der Waals surface area contributed by atoms with E-state index in [9.17, 15) is 5.11 Å². The second-order valence-corrected chi connectivity index (χ2v) is 9.29. The lowest BCUT2D eigenvalue weighted by Gasteiger charge is -2.15. The van der Waals surface area contributed by atoms with Gasteiger partial charge < -0.3 is 24.3 Å². The molecule has 5 aromatic rings. The summed E-state index contributed by atoms with van der Waals surface area (Å²) < 4.78 is 18.9. The number of pyridine rings is 2. The van der Waals surface area contributed by atoms with Crippen LogP contribution in [0.2, 0.25) is 5.02 Å². The molecule has 0 unspecified atom stereocenters. The molecule has 4 aromatic heterocycles. The van der Waals surface area contributed by atoms with Crippen LogP contribution in [0.1, 0.15) is 0 Å². The van der Waals surface area contributed by atoms with Gasteiger partial charge in [-0.25, -0.2) is 9.67 Å². The molecule has 2 aliphatic rings. The molecule has 0 radical (unpaired) electrons. The van der Waals surface area contributed by atoms with Crippen LogP contribution in [0.5, 0.6) is 6.01 Å². The summed E-state index contributed by atoms with van der Waals surface area (Å²) in [5.41, 5.74) is 5.21. The van der Waals surface area contributed by atoms with Crippen LogP contribution in [0.3, 0.4) is 0 Å². The third-order valence-electron chi connectivity index (χ3n) is 6.54. The van der Waals surface area contributed by atoms with Gasteiger partial charge in [0.05, 0.1) is 59.4 Å². The first-order valence-electron chi connectivity index (χ1n) is 11.7. The van der Waals surface area contributed by atoms with Gasteiger partial charge in [-0.2, -0.15) is 4.98 Å². The number of nitrogens with one attached hydrogen (secondary N) is 1. The van der Waals surface area contributed by atoms with Gasteiger partial charge in [0.1, 0.15) is 18.3 Å². The quantitative estimate of drug-likeness (QED) is 0.361. The Morgan fingerprint density at radius 3 is 2.65 bits per heavy atom. The lowest BCUT2D eigenvalue weighted by Crippen LogP contribution is -2.34. The van der Waals surface area contributed by atoms with Crippen LogP contribution >= 0.6 is 11.6 Å². The number of hydrogen-bond donors (Lipinski definition) is 2. The molecule has 7 rings (SSSR count). The number of halogens is 1. The SMILES string of the molecule is O[C@@H]1CO[C@H]2[C@@H]1OC[C@H]2Oc1nc2nc(-c3ccc(-c4ccc(-n5ccnn5)cn4)cc3)c(Cl)cc2[nH]1. The van der Waals surface area contributed by atoms with Crippen LogP contribution in [0.4, 0.5) is 0 Å². The second-order valence-electron chi connectivity index (χ2n) is 8.88. The van der Waals surface area contributed by atoms with E-state index >= 15 is 0 Å². The normalized spacial score (nSPS) is 23.0. The summed E-state index contributed by atoms with van der Waals surface area (Å²) in [6.07, 6.45) is 3.42. The topological polar surface area (TPSA) is 133 Å². The maximum atomic E-state index is 9.93. The largest absolute Gasteiger partial charge is 0.456 e. The van der Waals surface area contributed by atoms with Crippen molar-refractivity contribution in [2.75, 3.05) is 13.2 Å². The summed E-state index contributed by atoms with van der Waals surface area (Å²) in [5.74, 6) is 0. The molecule has 2 N–H and O–H groups in total. The number of ether oxygens (including phenoxy) is 3. The summed E-state index contributed by atoms with van der Waals surface area (Å²) >= 11 is 6.58. The number of aliphatic hydroxyl groups is 1. The van der Waals surface area contributed by atoms with Gasteiger partial charge in [-0.1, -0.05) is 41.1 Å². The van der Waals surface area contributed by atoms with Gasteiger partial charge in [-0.15, -0.1) is 5.10 Å². The average molecular weight is 518 g/mol. The molecule has 1 aromatic carbocycles. The first-order valence-corrected chi connectivity index (χ1v) is 12.1. The van der Waals surface area contributed by atoms with Crippen LogP contribution in [0.15, 0.2) is 61.1 Å². The van der Waals surface area contributed by atoms with Gasteiger partial charge in [-0.05, 0) is 18.2 Å². The average Bonchev–Trinajstić information content (AvgIpc) is 3.71. The van der Waals surface area contributed by atoms with E-state index in [1.807, 2.05) is 36.4 Å². The summed E-state index contributed by atoms with van der Waals surface area (Å²) in [6.45, 7) is 0.548. The molecule has 0 amide bonds. The number of nitrogens with zero attached hydrogens (tertiary/aromatic N) is 6. The molecule has 0 aliphatic carbocycles. The van der Waals surface area contributed by atoms with Crippen molar-refractivity contribution >= 4 is 22.8 Å². The maximum Gasteiger partial charge on any atom is 0.296 e. The molecule has 2 saturated heterocycles. The number of aliphatic hydroxyl groups excluding tert-OH is 1. The zero-order valence-corrected chi connectivity index (χ0v) is 20.0.